The molecule has 0 spiro atoms. The molecule has 0 saturated carbocycles. The van der Waals surface area contributed by atoms with Gasteiger partial charge in [-0.1, -0.05) is 35.5 Å². The average Bonchev–Trinajstić information content (AvgIpc) is 3.27. The number of hydrogen-bond acceptors (Lipinski definition) is 7. The van der Waals surface area contributed by atoms with Crippen molar-refractivity contribution in [2.75, 3.05) is 19.8 Å². The van der Waals surface area contributed by atoms with Crippen molar-refractivity contribution in [1.82, 2.24) is 25.3 Å². The molecule has 3 rings (SSSR count). The first-order valence-electron chi connectivity index (χ1n) is 10.4. The first kappa shape index (κ1) is 23.2. The highest BCUT2D eigenvalue weighted by Gasteiger charge is 2.19. The second kappa shape index (κ2) is 11.8. The molecule has 3 aromatic rings. The fourth-order valence-corrected chi connectivity index (χ4v) is 3.01. The molecule has 0 radical (unpaired) electrons. The van der Waals surface area contributed by atoms with Crippen LogP contribution in [0.3, 0.4) is 0 Å². The fraction of sp³-hybridized carbons (Fsp3) is 0.364. The van der Waals surface area contributed by atoms with E-state index in [1.165, 1.54) is 12.3 Å². The number of nitrogens with zero attached hydrogens (tertiary/aromatic N) is 3. The van der Waals surface area contributed by atoms with Crippen molar-refractivity contribution < 1.29 is 19.0 Å². The molecule has 2 N–H and O–H groups in total. The van der Waals surface area contributed by atoms with Crippen molar-refractivity contribution in [1.29, 1.82) is 0 Å². The molecule has 170 valence electrons. The largest absolute Gasteiger partial charge is 0.483 e. The number of ether oxygens (including phenoxy) is 3. The smallest absolute Gasteiger partial charge is 0.271 e. The third-order valence-corrected chi connectivity index (χ3v) is 4.50. The lowest BCUT2D eigenvalue weighted by atomic mass is 10.2. The maximum atomic E-state index is 12.7. The van der Waals surface area contributed by atoms with Crippen molar-refractivity contribution >= 4 is 5.91 Å². The van der Waals surface area contributed by atoms with Gasteiger partial charge >= 0.3 is 0 Å². The highest BCUT2D eigenvalue weighted by atomic mass is 16.7. The Morgan fingerprint density at radius 2 is 1.91 bits per heavy atom. The number of aromatic nitrogens is 4. The second-order valence-electron chi connectivity index (χ2n) is 6.70. The number of nitrogens with one attached hydrogen (secondary N) is 2. The van der Waals surface area contributed by atoms with E-state index in [0.29, 0.717) is 25.5 Å². The predicted molar refractivity (Wildman–Crippen MR) is 116 cm³/mol. The summed E-state index contributed by atoms with van der Waals surface area (Å²) >= 11 is 0. The van der Waals surface area contributed by atoms with Crippen LogP contribution in [0.25, 0.3) is 0 Å². The summed E-state index contributed by atoms with van der Waals surface area (Å²) in [6, 6.07) is 10.7. The van der Waals surface area contributed by atoms with Crippen molar-refractivity contribution in [3.63, 3.8) is 0 Å². The highest BCUT2D eigenvalue weighted by molar-refractivity contribution is 5.94. The number of pyridine rings is 1. The Bertz CT molecular complexity index is 1040. The van der Waals surface area contributed by atoms with Crippen LogP contribution < -0.4 is 15.5 Å². The Labute approximate surface area is 185 Å². The lowest BCUT2D eigenvalue weighted by molar-refractivity contribution is -0.144. The van der Waals surface area contributed by atoms with Gasteiger partial charge in [-0.05, 0) is 19.4 Å². The quantitative estimate of drug-likeness (QED) is 0.413. The molecule has 0 aliphatic heterocycles. The summed E-state index contributed by atoms with van der Waals surface area (Å²) in [5.74, 6) is -0.485. The molecule has 32 heavy (non-hydrogen) atoms. The lowest BCUT2D eigenvalue weighted by Crippen LogP contribution is -2.30. The van der Waals surface area contributed by atoms with Gasteiger partial charge in [-0.25, -0.2) is 4.68 Å². The molecule has 0 aliphatic carbocycles. The highest BCUT2D eigenvalue weighted by Crippen LogP contribution is 2.17. The average molecular weight is 441 g/mol. The molecule has 0 unspecified atom stereocenters. The van der Waals surface area contributed by atoms with Crippen LogP contribution >= 0.6 is 0 Å². The van der Waals surface area contributed by atoms with Crippen LogP contribution in [0.4, 0.5) is 0 Å². The topological polar surface area (TPSA) is 120 Å². The van der Waals surface area contributed by atoms with Gasteiger partial charge in [0.05, 0.1) is 12.7 Å². The second-order valence-corrected chi connectivity index (χ2v) is 6.70. The summed E-state index contributed by atoms with van der Waals surface area (Å²) < 4.78 is 18.5. The van der Waals surface area contributed by atoms with Crippen LogP contribution in [0.2, 0.25) is 0 Å². The number of carbonyl (C=O) groups excluding carboxylic acids is 1. The van der Waals surface area contributed by atoms with Crippen LogP contribution in [0, 0.1) is 0 Å². The first-order chi connectivity index (χ1) is 15.6. The normalized spacial score (nSPS) is 11.0. The van der Waals surface area contributed by atoms with E-state index in [9.17, 15) is 9.59 Å². The molecular weight excluding hydrogens is 414 g/mol. The van der Waals surface area contributed by atoms with Gasteiger partial charge < -0.3 is 24.5 Å². The molecule has 0 saturated heterocycles. The molecular formula is C22H27N5O5. The number of aromatic amines is 1. The zero-order valence-corrected chi connectivity index (χ0v) is 18.1. The van der Waals surface area contributed by atoms with Crippen molar-refractivity contribution in [3.8, 4) is 5.75 Å². The van der Waals surface area contributed by atoms with E-state index >= 15 is 0 Å². The third kappa shape index (κ3) is 6.02. The van der Waals surface area contributed by atoms with Gasteiger partial charge in [0.15, 0.2) is 11.4 Å². The van der Waals surface area contributed by atoms with Gasteiger partial charge in [-0.3, -0.25) is 9.59 Å². The van der Waals surface area contributed by atoms with E-state index in [2.05, 4.69) is 20.6 Å². The summed E-state index contributed by atoms with van der Waals surface area (Å²) in [4.78, 5) is 27.8. The van der Waals surface area contributed by atoms with Gasteiger partial charge in [0, 0.05) is 32.0 Å². The van der Waals surface area contributed by atoms with Crippen LogP contribution in [0.5, 0.6) is 5.75 Å². The zero-order valence-electron chi connectivity index (χ0n) is 18.1. The van der Waals surface area contributed by atoms with Gasteiger partial charge in [-0.15, -0.1) is 5.10 Å². The van der Waals surface area contributed by atoms with Crippen LogP contribution in [-0.2, 0) is 22.6 Å². The molecule has 0 aliphatic rings. The minimum atomic E-state index is -0.584. The van der Waals surface area contributed by atoms with E-state index in [1.54, 1.807) is 10.9 Å². The summed E-state index contributed by atoms with van der Waals surface area (Å²) in [5, 5.41) is 10.7. The number of carbonyl (C=O) groups is 1. The molecule has 0 atom stereocenters. The predicted octanol–water partition coefficient (Wildman–Crippen LogP) is 2.05. The molecule has 10 nitrogen and oxygen atoms in total. The molecule has 0 bridgehead atoms. The summed E-state index contributed by atoms with van der Waals surface area (Å²) in [6.07, 6.45) is 2.40. The molecule has 1 amide bonds. The number of amides is 1. The SMILES string of the molecule is CCOC(OCC)c1cnnn1CCNC(=O)c1[nH]ccc(=O)c1OCc1ccccc1. The standard InChI is InChI=1S/C22H27N5O5/c1-3-30-22(31-4-2)17-14-25-26-27(17)13-12-24-21(29)19-20(18(28)10-11-23-19)32-15-16-8-6-5-7-9-16/h5-11,14,22H,3-4,12-13,15H2,1-2H3,(H,23,28)(H,24,29). The molecule has 2 heterocycles. The van der Waals surface area contributed by atoms with Crippen molar-refractivity contribution in [2.24, 2.45) is 0 Å². The molecule has 10 heteroatoms. The summed E-state index contributed by atoms with van der Waals surface area (Å²) in [7, 11) is 0. The Kier molecular flexibility index (Phi) is 8.52. The lowest BCUT2D eigenvalue weighted by Gasteiger charge is -2.17. The Hall–Kier alpha value is -3.50. The Balaban J connectivity index is 1.63. The number of hydrogen-bond donors (Lipinski definition) is 2. The van der Waals surface area contributed by atoms with Crippen molar-refractivity contribution in [3.05, 3.63) is 76.0 Å². The maximum Gasteiger partial charge on any atom is 0.271 e. The monoisotopic (exact) mass is 441 g/mol. The summed E-state index contributed by atoms with van der Waals surface area (Å²) in [5.41, 5.74) is 1.23. The van der Waals surface area contributed by atoms with Crippen LogP contribution in [0.1, 0.15) is 41.9 Å². The number of H-pyrrole nitrogens is 1. The number of rotatable bonds is 12. The van der Waals surface area contributed by atoms with Gasteiger partial charge in [0.1, 0.15) is 12.3 Å². The van der Waals surface area contributed by atoms with Gasteiger partial charge in [0.2, 0.25) is 11.7 Å². The molecule has 0 fully saturated rings. The van der Waals surface area contributed by atoms with E-state index in [-0.39, 0.29) is 30.0 Å². The van der Waals surface area contributed by atoms with E-state index in [0.717, 1.165) is 5.56 Å². The zero-order chi connectivity index (χ0) is 22.8. The number of benzene rings is 1. The summed E-state index contributed by atoms with van der Waals surface area (Å²) in [6.45, 7) is 5.45. The van der Waals surface area contributed by atoms with E-state index in [1.807, 2.05) is 44.2 Å². The maximum absolute atomic E-state index is 12.7. The van der Waals surface area contributed by atoms with Gasteiger partial charge in [0.25, 0.3) is 5.91 Å². The van der Waals surface area contributed by atoms with Crippen LogP contribution in [-0.4, -0.2) is 45.6 Å². The molecule has 1 aromatic carbocycles. The van der Waals surface area contributed by atoms with Gasteiger partial charge in [-0.2, -0.15) is 0 Å². The third-order valence-electron chi connectivity index (χ3n) is 4.50. The minimum Gasteiger partial charge on any atom is -0.483 e. The first-order valence-corrected chi connectivity index (χ1v) is 10.4. The Morgan fingerprint density at radius 1 is 1.16 bits per heavy atom. The molecule has 2 aromatic heterocycles. The fourth-order valence-electron chi connectivity index (χ4n) is 3.01. The van der Waals surface area contributed by atoms with E-state index in [4.69, 9.17) is 14.2 Å². The van der Waals surface area contributed by atoms with Crippen molar-refractivity contribution in [2.45, 2.75) is 33.3 Å². The van der Waals surface area contributed by atoms with Crippen LogP contribution in [0.15, 0.2) is 53.6 Å². The van der Waals surface area contributed by atoms with E-state index < -0.39 is 12.2 Å². The Morgan fingerprint density at radius 3 is 2.62 bits per heavy atom. The minimum absolute atomic E-state index is 0.0250.